The lowest BCUT2D eigenvalue weighted by Gasteiger charge is -2.53. The van der Waals surface area contributed by atoms with Gasteiger partial charge in [0.25, 0.3) is 5.85 Å². The van der Waals surface area contributed by atoms with Crippen molar-refractivity contribution in [3.05, 3.63) is 0 Å². The van der Waals surface area contributed by atoms with Crippen molar-refractivity contribution in [2.45, 2.75) is 88.0 Å². The van der Waals surface area contributed by atoms with Gasteiger partial charge in [0.2, 0.25) is 0 Å². The highest BCUT2D eigenvalue weighted by atomic mass is 28.4. The van der Waals surface area contributed by atoms with E-state index in [2.05, 4.69) is 62.2 Å². The maximum Gasteiger partial charge on any atom is 0.285 e. The number of ether oxygens (including phenoxy) is 1. The van der Waals surface area contributed by atoms with Gasteiger partial charge in [-0.25, -0.2) is 9.98 Å². The molecule has 0 aromatic rings. The number of rotatable bonds is 7. The normalized spacial score (nSPS) is 35.8. The maximum atomic E-state index is 11.2. The summed E-state index contributed by atoms with van der Waals surface area (Å²) in [7, 11) is -2.07. The van der Waals surface area contributed by atoms with Gasteiger partial charge in [-0.1, -0.05) is 41.5 Å². The van der Waals surface area contributed by atoms with Crippen LogP contribution in [0.15, 0.2) is 9.98 Å². The van der Waals surface area contributed by atoms with Crippen molar-refractivity contribution < 1.29 is 14.3 Å². The van der Waals surface area contributed by atoms with E-state index in [1.165, 1.54) is 6.34 Å². The first-order valence-corrected chi connectivity index (χ1v) is 12.4. The first-order chi connectivity index (χ1) is 12.7. The number of hydrogen-bond acceptors (Lipinski definition) is 7. The molecule has 27 heavy (non-hydrogen) atoms. The van der Waals surface area contributed by atoms with E-state index in [4.69, 9.17) is 9.16 Å². The quantitative estimate of drug-likeness (QED) is 0.575. The first kappa shape index (κ1) is 20.8. The summed E-state index contributed by atoms with van der Waals surface area (Å²) >= 11 is 0. The molecule has 1 saturated heterocycles. The SMILES string of the molecule is CC(C)[Si](OCC1(C23CNC=NC2(O)N=CN3)CCCO1)(C(C)C)C(C)C. The van der Waals surface area contributed by atoms with Gasteiger partial charge in [-0.05, 0) is 29.5 Å². The molecule has 3 N–H and O–H groups in total. The number of nitrogens with zero attached hydrogens (tertiary/aromatic N) is 2. The predicted molar refractivity (Wildman–Crippen MR) is 111 cm³/mol. The van der Waals surface area contributed by atoms with Gasteiger partial charge in [0.1, 0.15) is 5.60 Å². The Morgan fingerprint density at radius 3 is 2.30 bits per heavy atom. The van der Waals surface area contributed by atoms with Crippen LogP contribution in [0.1, 0.15) is 54.4 Å². The van der Waals surface area contributed by atoms with Gasteiger partial charge >= 0.3 is 0 Å². The van der Waals surface area contributed by atoms with Gasteiger partial charge < -0.3 is 24.9 Å². The molecule has 0 amide bonds. The number of fused-ring (bicyclic) bond motifs is 1. The minimum absolute atomic E-state index is 0.448. The second-order valence-electron chi connectivity index (χ2n) is 9.14. The van der Waals surface area contributed by atoms with Crippen molar-refractivity contribution in [1.82, 2.24) is 10.6 Å². The highest BCUT2D eigenvalue weighted by Gasteiger charge is 2.69. The Morgan fingerprint density at radius 2 is 1.74 bits per heavy atom. The van der Waals surface area contributed by atoms with Crippen molar-refractivity contribution >= 4 is 21.0 Å². The molecule has 8 heteroatoms. The molecule has 154 valence electrons. The summed E-state index contributed by atoms with van der Waals surface area (Å²) in [4.78, 5) is 8.53. The number of aliphatic hydroxyl groups is 1. The average molecular weight is 397 g/mol. The van der Waals surface area contributed by atoms with Gasteiger partial charge in [-0.3, -0.25) is 0 Å². The second-order valence-corrected chi connectivity index (χ2v) is 14.6. The largest absolute Gasteiger partial charge is 0.413 e. The van der Waals surface area contributed by atoms with E-state index < -0.39 is 25.3 Å². The Kier molecular flexibility index (Phi) is 5.48. The van der Waals surface area contributed by atoms with Crippen LogP contribution >= 0.6 is 0 Å². The van der Waals surface area contributed by atoms with Gasteiger partial charge in [0, 0.05) is 13.2 Å². The Labute approximate surface area is 164 Å². The topological polar surface area (TPSA) is 87.5 Å². The molecule has 3 aliphatic rings. The molecule has 0 bridgehead atoms. The standard InChI is InChI=1S/C19H36N4O3Si/c1-14(2)27(15(3)4,16(5)6)26-11-17(8-7-9-25-17)18-10-20-12-22-19(18,24)23-13-21-18/h12-16,24H,7-11H2,1-6H3,(H,20,22)(H,21,23). The molecule has 0 aromatic heterocycles. The summed E-state index contributed by atoms with van der Waals surface area (Å²) < 4.78 is 13.3. The van der Waals surface area contributed by atoms with E-state index >= 15 is 0 Å². The van der Waals surface area contributed by atoms with Crippen molar-refractivity contribution in [1.29, 1.82) is 0 Å². The molecule has 3 atom stereocenters. The van der Waals surface area contributed by atoms with Gasteiger partial charge in [-0.15, -0.1) is 0 Å². The van der Waals surface area contributed by atoms with Crippen LogP contribution in [0.4, 0.5) is 0 Å². The van der Waals surface area contributed by atoms with Crippen LogP contribution in [-0.4, -0.2) is 62.8 Å². The fourth-order valence-corrected chi connectivity index (χ4v) is 11.2. The lowest BCUT2D eigenvalue weighted by molar-refractivity contribution is -0.161. The summed E-state index contributed by atoms with van der Waals surface area (Å²) in [6.07, 6.45) is 4.83. The van der Waals surface area contributed by atoms with Crippen molar-refractivity contribution in [3.8, 4) is 0 Å². The Morgan fingerprint density at radius 1 is 1.11 bits per heavy atom. The van der Waals surface area contributed by atoms with Crippen LogP contribution in [0.25, 0.3) is 0 Å². The summed E-state index contributed by atoms with van der Waals surface area (Å²) in [5, 5.41) is 17.7. The third-order valence-corrected chi connectivity index (χ3v) is 13.0. The molecule has 3 rings (SSSR count). The minimum Gasteiger partial charge on any atom is -0.413 e. The van der Waals surface area contributed by atoms with E-state index in [0.29, 0.717) is 36.4 Å². The van der Waals surface area contributed by atoms with Crippen LogP contribution in [0.5, 0.6) is 0 Å². The van der Waals surface area contributed by atoms with Gasteiger partial charge in [0.05, 0.1) is 19.3 Å². The summed E-state index contributed by atoms with van der Waals surface area (Å²) in [5.74, 6) is -1.57. The summed E-state index contributed by atoms with van der Waals surface area (Å²) in [6, 6.07) is 0. The number of hydrogen-bond donors (Lipinski definition) is 3. The predicted octanol–water partition coefficient (Wildman–Crippen LogP) is 2.38. The lowest BCUT2D eigenvalue weighted by Crippen LogP contribution is -2.77. The number of aliphatic imine (C=N–C) groups is 2. The van der Waals surface area contributed by atoms with E-state index in [9.17, 15) is 5.11 Å². The van der Waals surface area contributed by atoms with Crippen LogP contribution in [0, 0.1) is 0 Å². The zero-order valence-corrected chi connectivity index (χ0v) is 18.6. The van der Waals surface area contributed by atoms with Crippen LogP contribution < -0.4 is 10.6 Å². The molecule has 7 nitrogen and oxygen atoms in total. The van der Waals surface area contributed by atoms with Crippen LogP contribution in [0.2, 0.25) is 16.6 Å². The highest BCUT2D eigenvalue weighted by molar-refractivity contribution is 6.77. The molecule has 3 heterocycles. The second kappa shape index (κ2) is 7.13. The maximum absolute atomic E-state index is 11.2. The third-order valence-electron chi connectivity index (χ3n) is 6.97. The van der Waals surface area contributed by atoms with E-state index in [-0.39, 0.29) is 0 Å². The summed E-state index contributed by atoms with van der Waals surface area (Å²) in [5.41, 5.74) is -0.0798. The zero-order chi connectivity index (χ0) is 19.9. The monoisotopic (exact) mass is 396 g/mol. The molecule has 0 radical (unpaired) electrons. The van der Waals surface area contributed by atoms with Crippen molar-refractivity contribution in [2.75, 3.05) is 19.8 Å². The molecule has 3 aliphatic heterocycles. The fourth-order valence-electron chi connectivity index (χ4n) is 5.70. The van der Waals surface area contributed by atoms with E-state index in [1.807, 2.05) is 0 Å². The Balaban J connectivity index is 1.96. The smallest absolute Gasteiger partial charge is 0.285 e. The molecule has 0 saturated carbocycles. The van der Waals surface area contributed by atoms with Crippen LogP contribution in [-0.2, 0) is 9.16 Å². The van der Waals surface area contributed by atoms with E-state index in [0.717, 1.165) is 12.8 Å². The zero-order valence-electron chi connectivity index (χ0n) is 17.6. The molecule has 1 fully saturated rings. The lowest BCUT2D eigenvalue weighted by atomic mass is 9.74. The van der Waals surface area contributed by atoms with Crippen LogP contribution in [0.3, 0.4) is 0 Å². The number of nitrogens with one attached hydrogen (secondary N) is 2. The molecule has 0 spiro atoms. The fraction of sp³-hybridized carbons (Fsp3) is 0.895. The minimum atomic E-state index is -2.07. The van der Waals surface area contributed by atoms with E-state index in [1.54, 1.807) is 6.34 Å². The average Bonchev–Trinajstić information content (AvgIpc) is 3.19. The summed E-state index contributed by atoms with van der Waals surface area (Å²) in [6.45, 7) is 15.3. The highest BCUT2D eigenvalue weighted by Crippen LogP contribution is 2.49. The molecule has 3 unspecified atom stereocenters. The van der Waals surface area contributed by atoms with Gasteiger partial charge in [-0.2, -0.15) is 0 Å². The van der Waals surface area contributed by atoms with Crippen molar-refractivity contribution in [3.63, 3.8) is 0 Å². The molecule has 0 aliphatic carbocycles. The molecular weight excluding hydrogens is 360 g/mol. The first-order valence-electron chi connectivity index (χ1n) is 10.2. The third kappa shape index (κ3) is 2.87. The Bertz CT molecular complexity index is 582. The molecule has 0 aromatic carbocycles. The van der Waals surface area contributed by atoms with Gasteiger partial charge in [0.15, 0.2) is 13.9 Å². The molecular formula is C19H36N4O3Si. The Hall–Kier alpha value is -0.963. The van der Waals surface area contributed by atoms with Crippen molar-refractivity contribution in [2.24, 2.45) is 9.98 Å².